The van der Waals surface area contributed by atoms with E-state index in [1.165, 1.54) is 35.6 Å². The lowest BCUT2D eigenvalue weighted by atomic mass is 10.2. The summed E-state index contributed by atoms with van der Waals surface area (Å²) < 4.78 is 26.0. The molecule has 1 aliphatic rings. The molecule has 1 fully saturated rings. The highest BCUT2D eigenvalue weighted by Gasteiger charge is 2.36. The van der Waals surface area contributed by atoms with Crippen LogP contribution in [0, 0.1) is 11.8 Å². The van der Waals surface area contributed by atoms with E-state index in [1.807, 2.05) is 0 Å². The smallest absolute Gasteiger partial charge is 0.337 e. The third kappa shape index (κ3) is 2.79. The fourth-order valence-corrected chi connectivity index (χ4v) is 3.53. The van der Waals surface area contributed by atoms with Gasteiger partial charge < -0.3 is 5.11 Å². The van der Waals surface area contributed by atoms with Crippen molar-refractivity contribution in [1.29, 1.82) is 0 Å². The molecule has 2 rings (SSSR count). The first kappa shape index (κ1) is 14.0. The Morgan fingerprint density at radius 1 is 1.42 bits per heavy atom. The molecule has 0 aromatic heterocycles. The van der Waals surface area contributed by atoms with Crippen molar-refractivity contribution in [3.05, 3.63) is 29.8 Å². The monoisotopic (exact) mass is 283 g/mol. The van der Waals surface area contributed by atoms with Crippen molar-refractivity contribution in [2.45, 2.75) is 18.2 Å². The number of sulfonamides is 1. The maximum Gasteiger partial charge on any atom is 0.337 e. The molecule has 2 atom stereocenters. The van der Waals surface area contributed by atoms with Crippen LogP contribution in [0.4, 0.5) is 0 Å². The summed E-state index contributed by atoms with van der Waals surface area (Å²) in [6, 6.07) is 5.70. The summed E-state index contributed by atoms with van der Waals surface area (Å²) in [6.07, 6.45) is 1.03. The molecule has 104 valence electrons. The van der Waals surface area contributed by atoms with Crippen LogP contribution >= 0.6 is 0 Å². The molecular weight excluding hydrogens is 266 g/mol. The Hall–Kier alpha value is -1.40. The Labute approximate surface area is 112 Å². The Balaban J connectivity index is 2.31. The molecule has 1 saturated carbocycles. The minimum Gasteiger partial charge on any atom is -0.478 e. The summed E-state index contributed by atoms with van der Waals surface area (Å²) in [6.45, 7) is 2.52. The van der Waals surface area contributed by atoms with E-state index < -0.39 is 16.0 Å². The number of carboxylic acids is 1. The Morgan fingerprint density at radius 2 is 2.00 bits per heavy atom. The van der Waals surface area contributed by atoms with Crippen molar-refractivity contribution in [1.82, 2.24) is 4.31 Å². The first-order valence-corrected chi connectivity index (χ1v) is 7.56. The van der Waals surface area contributed by atoms with Crippen molar-refractivity contribution in [2.24, 2.45) is 11.8 Å². The molecule has 0 bridgehead atoms. The normalized spacial score (nSPS) is 22.5. The standard InChI is InChI=1S/C13H17NO4S/c1-9-7-10(9)8-14(2)19(17,18)12-6-4-3-5-11(12)13(15)16/h3-6,9-10H,7-8H2,1-2H3,(H,15,16). The molecule has 2 unspecified atom stereocenters. The highest BCUT2D eigenvalue weighted by atomic mass is 32.2. The number of rotatable bonds is 5. The molecule has 0 heterocycles. The van der Waals surface area contributed by atoms with E-state index in [2.05, 4.69) is 6.92 Å². The van der Waals surface area contributed by atoms with E-state index in [1.54, 1.807) is 0 Å². The van der Waals surface area contributed by atoms with Crippen LogP contribution < -0.4 is 0 Å². The fraction of sp³-hybridized carbons (Fsp3) is 0.462. The first-order valence-electron chi connectivity index (χ1n) is 6.12. The van der Waals surface area contributed by atoms with Crippen LogP contribution in [0.3, 0.4) is 0 Å². The molecule has 5 nitrogen and oxygen atoms in total. The number of carboxylic acid groups (broad SMARTS) is 1. The highest BCUT2D eigenvalue weighted by molar-refractivity contribution is 7.89. The molecule has 0 aliphatic heterocycles. The number of hydrogen-bond donors (Lipinski definition) is 1. The van der Waals surface area contributed by atoms with Gasteiger partial charge in [-0.25, -0.2) is 17.5 Å². The molecule has 1 N–H and O–H groups in total. The van der Waals surface area contributed by atoms with Gasteiger partial charge in [-0.15, -0.1) is 0 Å². The predicted octanol–water partition coefficient (Wildman–Crippen LogP) is 1.66. The summed E-state index contributed by atoms with van der Waals surface area (Å²) in [5.74, 6) is -0.295. The molecule has 6 heteroatoms. The second-order valence-electron chi connectivity index (χ2n) is 5.06. The summed E-state index contributed by atoms with van der Waals surface area (Å²) in [5.41, 5.74) is -0.182. The highest BCUT2D eigenvalue weighted by Crippen LogP contribution is 2.38. The lowest BCUT2D eigenvalue weighted by molar-refractivity contribution is 0.0692. The average Bonchev–Trinajstić information content (AvgIpc) is 3.04. The van der Waals surface area contributed by atoms with Gasteiger partial charge in [0.2, 0.25) is 10.0 Å². The number of aromatic carboxylic acids is 1. The lowest BCUT2D eigenvalue weighted by Crippen LogP contribution is -2.30. The van der Waals surface area contributed by atoms with Gasteiger partial charge in [0, 0.05) is 13.6 Å². The van der Waals surface area contributed by atoms with E-state index in [-0.39, 0.29) is 10.5 Å². The molecular formula is C13H17NO4S. The first-order chi connectivity index (χ1) is 8.84. The third-order valence-electron chi connectivity index (χ3n) is 3.57. The Kier molecular flexibility index (Phi) is 3.64. The number of hydrogen-bond acceptors (Lipinski definition) is 3. The van der Waals surface area contributed by atoms with Crippen LogP contribution in [0.5, 0.6) is 0 Å². The van der Waals surface area contributed by atoms with E-state index in [0.29, 0.717) is 18.4 Å². The van der Waals surface area contributed by atoms with E-state index in [0.717, 1.165) is 6.42 Å². The van der Waals surface area contributed by atoms with Crippen LogP contribution in [0.25, 0.3) is 0 Å². The Morgan fingerprint density at radius 3 is 2.53 bits per heavy atom. The summed E-state index contributed by atoms with van der Waals surface area (Å²) in [7, 11) is -2.24. The van der Waals surface area contributed by atoms with Crippen molar-refractivity contribution in [3.8, 4) is 0 Å². The van der Waals surface area contributed by atoms with Crippen molar-refractivity contribution in [2.75, 3.05) is 13.6 Å². The van der Waals surface area contributed by atoms with Crippen LogP contribution in [0.15, 0.2) is 29.2 Å². The molecule has 1 aliphatic carbocycles. The number of nitrogens with zero attached hydrogens (tertiary/aromatic N) is 1. The third-order valence-corrected chi connectivity index (χ3v) is 5.45. The second-order valence-corrected chi connectivity index (χ2v) is 7.07. The van der Waals surface area contributed by atoms with Gasteiger partial charge in [-0.05, 0) is 30.4 Å². The zero-order chi connectivity index (χ0) is 14.2. The summed E-state index contributed by atoms with van der Waals surface area (Å²) in [4.78, 5) is 11.0. The zero-order valence-corrected chi connectivity index (χ0v) is 11.7. The number of benzene rings is 1. The van der Waals surface area contributed by atoms with Crippen LogP contribution in [-0.4, -0.2) is 37.4 Å². The quantitative estimate of drug-likeness (QED) is 0.891. The van der Waals surface area contributed by atoms with Gasteiger partial charge in [0.15, 0.2) is 0 Å². The van der Waals surface area contributed by atoms with Gasteiger partial charge in [0.1, 0.15) is 0 Å². The van der Waals surface area contributed by atoms with Crippen LogP contribution in [-0.2, 0) is 10.0 Å². The fourth-order valence-electron chi connectivity index (χ4n) is 2.12. The van der Waals surface area contributed by atoms with Gasteiger partial charge in [-0.2, -0.15) is 0 Å². The largest absolute Gasteiger partial charge is 0.478 e. The molecule has 0 amide bonds. The molecule has 0 saturated heterocycles. The van der Waals surface area contributed by atoms with Crippen molar-refractivity contribution in [3.63, 3.8) is 0 Å². The Bertz CT molecular complexity index is 596. The average molecular weight is 283 g/mol. The molecule has 0 radical (unpaired) electrons. The molecule has 1 aromatic carbocycles. The van der Waals surface area contributed by atoms with Crippen molar-refractivity contribution < 1.29 is 18.3 Å². The maximum absolute atomic E-state index is 12.4. The van der Waals surface area contributed by atoms with E-state index in [9.17, 15) is 13.2 Å². The van der Waals surface area contributed by atoms with Gasteiger partial charge >= 0.3 is 5.97 Å². The number of carbonyl (C=O) groups is 1. The van der Waals surface area contributed by atoms with Gasteiger partial charge in [-0.1, -0.05) is 19.1 Å². The van der Waals surface area contributed by atoms with E-state index in [4.69, 9.17) is 5.11 Å². The van der Waals surface area contributed by atoms with Gasteiger partial charge in [-0.3, -0.25) is 0 Å². The van der Waals surface area contributed by atoms with Crippen molar-refractivity contribution >= 4 is 16.0 Å². The van der Waals surface area contributed by atoms with Crippen LogP contribution in [0.1, 0.15) is 23.7 Å². The topological polar surface area (TPSA) is 74.7 Å². The molecule has 0 spiro atoms. The summed E-state index contributed by atoms with van der Waals surface area (Å²) in [5, 5.41) is 9.06. The zero-order valence-electron chi connectivity index (χ0n) is 10.9. The second kappa shape index (κ2) is 4.94. The van der Waals surface area contributed by atoms with E-state index >= 15 is 0 Å². The predicted molar refractivity (Wildman–Crippen MR) is 70.5 cm³/mol. The minimum absolute atomic E-state index is 0.140. The summed E-state index contributed by atoms with van der Waals surface area (Å²) >= 11 is 0. The van der Waals surface area contributed by atoms with Crippen LogP contribution in [0.2, 0.25) is 0 Å². The lowest BCUT2D eigenvalue weighted by Gasteiger charge is -2.18. The van der Waals surface area contributed by atoms with Gasteiger partial charge in [0.05, 0.1) is 10.5 Å². The minimum atomic E-state index is -3.74. The SMILES string of the molecule is CC1CC1CN(C)S(=O)(=O)c1ccccc1C(=O)O. The maximum atomic E-state index is 12.4. The van der Waals surface area contributed by atoms with Gasteiger partial charge in [0.25, 0.3) is 0 Å². The molecule has 1 aromatic rings. The molecule has 19 heavy (non-hydrogen) atoms.